The summed E-state index contributed by atoms with van der Waals surface area (Å²) in [4.78, 5) is 12.5. The molecule has 1 fully saturated rings. The third-order valence-corrected chi connectivity index (χ3v) is 4.09. The van der Waals surface area contributed by atoms with Gasteiger partial charge in [0.2, 0.25) is 0 Å². The molecule has 1 atom stereocenters. The molecule has 1 aromatic carbocycles. The maximum absolute atomic E-state index is 12.5. The number of carbonyl (C=O) groups is 1. The molecule has 0 aromatic heterocycles. The van der Waals surface area contributed by atoms with Gasteiger partial charge in [-0.05, 0) is 30.5 Å². The molecule has 100 valence electrons. The standard InChI is InChI=1S/C16H18ClNO/c17-14-9-5-8-13(10-14)15(11-18)16(19)12-6-3-1-2-4-7-12/h5,8-10,12,15H,1-4,6-7H2. The molecule has 0 spiro atoms. The summed E-state index contributed by atoms with van der Waals surface area (Å²) in [5.74, 6) is -0.542. The molecule has 0 amide bonds. The van der Waals surface area contributed by atoms with Gasteiger partial charge in [0.05, 0.1) is 6.07 Å². The zero-order valence-corrected chi connectivity index (χ0v) is 11.7. The number of ketones is 1. The lowest BCUT2D eigenvalue weighted by molar-refractivity contribution is -0.123. The van der Waals surface area contributed by atoms with Crippen LogP contribution in [-0.2, 0) is 4.79 Å². The van der Waals surface area contributed by atoms with E-state index in [0.717, 1.165) is 31.2 Å². The van der Waals surface area contributed by atoms with Crippen LogP contribution in [-0.4, -0.2) is 5.78 Å². The molecule has 0 aliphatic heterocycles. The fraction of sp³-hybridized carbons (Fsp3) is 0.500. The van der Waals surface area contributed by atoms with Crippen LogP contribution in [0.1, 0.15) is 50.0 Å². The number of hydrogen-bond acceptors (Lipinski definition) is 2. The highest BCUT2D eigenvalue weighted by Crippen LogP contribution is 2.30. The van der Waals surface area contributed by atoms with Crippen molar-refractivity contribution in [1.29, 1.82) is 5.26 Å². The van der Waals surface area contributed by atoms with Gasteiger partial charge in [0.1, 0.15) is 5.92 Å². The molecule has 2 nitrogen and oxygen atoms in total. The maximum Gasteiger partial charge on any atom is 0.157 e. The minimum atomic E-state index is -0.665. The van der Waals surface area contributed by atoms with Gasteiger partial charge in [-0.25, -0.2) is 0 Å². The molecular weight excluding hydrogens is 258 g/mol. The summed E-state index contributed by atoms with van der Waals surface area (Å²) < 4.78 is 0. The summed E-state index contributed by atoms with van der Waals surface area (Å²) in [6.07, 6.45) is 6.47. The van der Waals surface area contributed by atoms with Crippen LogP contribution >= 0.6 is 11.6 Å². The second-order valence-corrected chi connectivity index (χ2v) is 5.64. The number of rotatable bonds is 3. The highest BCUT2D eigenvalue weighted by molar-refractivity contribution is 6.30. The molecule has 3 heteroatoms. The smallest absolute Gasteiger partial charge is 0.157 e. The van der Waals surface area contributed by atoms with Crippen molar-refractivity contribution >= 4 is 17.4 Å². The van der Waals surface area contributed by atoms with Crippen LogP contribution in [0.4, 0.5) is 0 Å². The predicted octanol–water partition coefficient (Wildman–Crippen LogP) is 4.49. The van der Waals surface area contributed by atoms with E-state index in [1.807, 2.05) is 6.07 Å². The highest BCUT2D eigenvalue weighted by atomic mass is 35.5. The van der Waals surface area contributed by atoms with Crippen molar-refractivity contribution in [2.24, 2.45) is 5.92 Å². The third kappa shape index (κ3) is 3.58. The second kappa shape index (κ2) is 6.73. The number of Topliss-reactive ketones (excluding diaryl/α,β-unsaturated/α-hetero) is 1. The molecular formula is C16H18ClNO. The first kappa shape index (κ1) is 14.1. The number of nitrogens with zero attached hydrogens (tertiary/aromatic N) is 1. The zero-order chi connectivity index (χ0) is 13.7. The van der Waals surface area contributed by atoms with Crippen molar-refractivity contribution in [3.63, 3.8) is 0 Å². The number of halogens is 1. The summed E-state index contributed by atoms with van der Waals surface area (Å²) >= 11 is 5.94. The largest absolute Gasteiger partial charge is 0.298 e. The average Bonchev–Trinajstić information content (AvgIpc) is 2.68. The van der Waals surface area contributed by atoms with Gasteiger partial charge in [-0.15, -0.1) is 0 Å². The van der Waals surface area contributed by atoms with Crippen LogP contribution in [0.25, 0.3) is 0 Å². The van der Waals surface area contributed by atoms with Crippen LogP contribution < -0.4 is 0 Å². The van der Waals surface area contributed by atoms with Crippen LogP contribution in [0, 0.1) is 17.2 Å². The number of nitriles is 1. The normalized spacial score (nSPS) is 18.3. The van der Waals surface area contributed by atoms with Crippen LogP contribution in [0.5, 0.6) is 0 Å². The first-order valence-electron chi connectivity index (χ1n) is 6.91. The van der Waals surface area contributed by atoms with Gasteiger partial charge in [0.15, 0.2) is 5.78 Å². The van der Waals surface area contributed by atoms with E-state index in [1.165, 1.54) is 12.8 Å². The van der Waals surface area contributed by atoms with Crippen LogP contribution in [0.3, 0.4) is 0 Å². The predicted molar refractivity (Wildman–Crippen MR) is 76.0 cm³/mol. The van der Waals surface area contributed by atoms with Gasteiger partial charge >= 0.3 is 0 Å². The molecule has 19 heavy (non-hydrogen) atoms. The van der Waals surface area contributed by atoms with Gasteiger partial charge in [-0.3, -0.25) is 4.79 Å². The van der Waals surface area contributed by atoms with E-state index in [4.69, 9.17) is 11.6 Å². The summed E-state index contributed by atoms with van der Waals surface area (Å²) in [6, 6.07) is 9.25. The summed E-state index contributed by atoms with van der Waals surface area (Å²) in [6.45, 7) is 0. The maximum atomic E-state index is 12.5. The first-order valence-corrected chi connectivity index (χ1v) is 7.29. The average molecular weight is 276 g/mol. The molecule has 1 aliphatic carbocycles. The minimum absolute atomic E-state index is 0.0473. The van der Waals surface area contributed by atoms with E-state index in [2.05, 4.69) is 6.07 Å². The number of benzene rings is 1. The van der Waals surface area contributed by atoms with E-state index in [1.54, 1.807) is 18.2 Å². The molecule has 2 rings (SSSR count). The lowest BCUT2D eigenvalue weighted by Crippen LogP contribution is -2.21. The fourth-order valence-corrected chi connectivity index (χ4v) is 2.99. The van der Waals surface area contributed by atoms with Crippen molar-refractivity contribution in [3.05, 3.63) is 34.9 Å². The lowest BCUT2D eigenvalue weighted by Gasteiger charge is -2.16. The minimum Gasteiger partial charge on any atom is -0.298 e. The Morgan fingerprint density at radius 2 is 1.95 bits per heavy atom. The zero-order valence-electron chi connectivity index (χ0n) is 10.9. The summed E-state index contributed by atoms with van der Waals surface area (Å²) in [7, 11) is 0. The fourth-order valence-electron chi connectivity index (χ4n) is 2.79. The van der Waals surface area contributed by atoms with E-state index in [9.17, 15) is 10.1 Å². The van der Waals surface area contributed by atoms with Crippen molar-refractivity contribution in [2.45, 2.75) is 44.4 Å². The molecule has 1 unspecified atom stereocenters. The Balaban J connectivity index is 2.17. The quantitative estimate of drug-likeness (QED) is 0.763. The monoisotopic (exact) mass is 275 g/mol. The number of carbonyl (C=O) groups excluding carboxylic acids is 1. The second-order valence-electron chi connectivity index (χ2n) is 5.21. The van der Waals surface area contributed by atoms with E-state index in [-0.39, 0.29) is 11.7 Å². The Bertz CT molecular complexity index is 484. The van der Waals surface area contributed by atoms with Gasteiger partial charge in [-0.1, -0.05) is 49.4 Å². The Labute approximate surface area is 119 Å². The Morgan fingerprint density at radius 3 is 2.53 bits per heavy atom. The van der Waals surface area contributed by atoms with Gasteiger partial charge in [0, 0.05) is 10.9 Å². The van der Waals surface area contributed by atoms with E-state index in [0.29, 0.717) is 5.02 Å². The molecule has 0 N–H and O–H groups in total. The Hall–Kier alpha value is -1.33. The van der Waals surface area contributed by atoms with Crippen LogP contribution in [0.2, 0.25) is 5.02 Å². The Morgan fingerprint density at radius 1 is 1.26 bits per heavy atom. The van der Waals surface area contributed by atoms with Gasteiger partial charge in [-0.2, -0.15) is 5.26 Å². The Kier molecular flexibility index (Phi) is 4.99. The highest BCUT2D eigenvalue weighted by Gasteiger charge is 2.28. The van der Waals surface area contributed by atoms with Gasteiger partial charge < -0.3 is 0 Å². The van der Waals surface area contributed by atoms with Crippen molar-refractivity contribution in [3.8, 4) is 6.07 Å². The van der Waals surface area contributed by atoms with Crippen molar-refractivity contribution in [2.75, 3.05) is 0 Å². The third-order valence-electron chi connectivity index (χ3n) is 3.85. The van der Waals surface area contributed by atoms with Crippen molar-refractivity contribution < 1.29 is 4.79 Å². The van der Waals surface area contributed by atoms with E-state index >= 15 is 0 Å². The molecule has 1 aromatic rings. The number of hydrogen-bond donors (Lipinski definition) is 0. The molecule has 1 aliphatic rings. The molecule has 0 bridgehead atoms. The molecule has 1 saturated carbocycles. The first-order chi connectivity index (χ1) is 9.22. The molecule has 0 heterocycles. The van der Waals surface area contributed by atoms with Crippen LogP contribution in [0.15, 0.2) is 24.3 Å². The molecule has 0 saturated heterocycles. The van der Waals surface area contributed by atoms with Gasteiger partial charge in [0.25, 0.3) is 0 Å². The van der Waals surface area contributed by atoms with Crippen molar-refractivity contribution in [1.82, 2.24) is 0 Å². The lowest BCUT2D eigenvalue weighted by atomic mass is 9.84. The molecule has 0 radical (unpaired) electrons. The SMILES string of the molecule is N#CC(C(=O)C1CCCCCC1)c1cccc(Cl)c1. The van der Waals surface area contributed by atoms with E-state index < -0.39 is 5.92 Å². The summed E-state index contributed by atoms with van der Waals surface area (Å²) in [5, 5.41) is 9.90. The summed E-state index contributed by atoms with van der Waals surface area (Å²) in [5.41, 5.74) is 0.726. The topological polar surface area (TPSA) is 40.9 Å².